The topological polar surface area (TPSA) is 0 Å². The van der Waals surface area contributed by atoms with Gasteiger partial charge in [-0.2, -0.15) is 0 Å². The summed E-state index contributed by atoms with van der Waals surface area (Å²) in [5.74, 6) is 0. The highest BCUT2D eigenvalue weighted by Crippen LogP contribution is 2.29. The van der Waals surface area contributed by atoms with Crippen molar-refractivity contribution in [1.82, 2.24) is 0 Å². The minimum absolute atomic E-state index is 1.10. The van der Waals surface area contributed by atoms with Gasteiger partial charge in [0.25, 0.3) is 0 Å². The molecule has 1 aliphatic rings. The summed E-state index contributed by atoms with van der Waals surface area (Å²) >= 11 is 0. The third-order valence-corrected chi connectivity index (χ3v) is 4.73. The Hall–Kier alpha value is -1.04. The molecule has 0 radical (unpaired) electrons. The largest absolute Gasteiger partial charge is 0.0856 e. The fraction of sp³-hybridized carbons (Fsp3) is 0.636. The van der Waals surface area contributed by atoms with Gasteiger partial charge in [-0.3, -0.25) is 0 Å². The number of hydrogen-bond donors (Lipinski definition) is 0. The highest BCUT2D eigenvalue weighted by Gasteiger charge is 2.09. The average molecular weight is 301 g/mol. The monoisotopic (exact) mass is 300 g/mol. The molecule has 0 bridgehead atoms. The summed E-state index contributed by atoms with van der Waals surface area (Å²) < 4.78 is 0. The standard InChI is InChI=1S/C22H36/c1-18(2)10-8-11-19(3)12-9-13-20(4)16-17-21(5)22-14-6-7-15-22/h10,12-13H,6-9,11,14-17H2,1-5H3/b19-12+,20-13+. The Morgan fingerprint density at radius 2 is 1.36 bits per heavy atom. The van der Waals surface area contributed by atoms with E-state index in [0.29, 0.717) is 0 Å². The van der Waals surface area contributed by atoms with Gasteiger partial charge in [-0.15, -0.1) is 0 Å². The molecular weight excluding hydrogens is 264 g/mol. The van der Waals surface area contributed by atoms with E-state index in [1.165, 1.54) is 62.5 Å². The molecule has 0 N–H and O–H groups in total. The van der Waals surface area contributed by atoms with Crippen molar-refractivity contribution < 1.29 is 0 Å². The Morgan fingerprint density at radius 3 is 1.95 bits per heavy atom. The van der Waals surface area contributed by atoms with Crippen molar-refractivity contribution in [3.63, 3.8) is 0 Å². The zero-order valence-electron chi connectivity index (χ0n) is 15.6. The third kappa shape index (κ3) is 8.41. The molecule has 0 aromatic rings. The maximum atomic E-state index is 2.41. The first-order valence-electron chi connectivity index (χ1n) is 9.11. The zero-order valence-corrected chi connectivity index (χ0v) is 15.6. The fourth-order valence-electron chi connectivity index (χ4n) is 3.04. The molecule has 0 saturated heterocycles. The van der Waals surface area contributed by atoms with Crippen LogP contribution >= 0.6 is 0 Å². The van der Waals surface area contributed by atoms with Crippen molar-refractivity contribution in [3.8, 4) is 0 Å². The SMILES string of the molecule is CC(C)=CCC/C(C)=C/C/C=C(\C)CCC(C)=C1CCCC1. The lowest BCUT2D eigenvalue weighted by Gasteiger charge is -2.06. The van der Waals surface area contributed by atoms with Crippen molar-refractivity contribution in [3.05, 3.63) is 46.1 Å². The van der Waals surface area contributed by atoms with E-state index in [4.69, 9.17) is 0 Å². The molecule has 0 atom stereocenters. The lowest BCUT2D eigenvalue weighted by atomic mass is 10.0. The molecule has 0 nitrogen and oxygen atoms in total. The summed E-state index contributed by atoms with van der Waals surface area (Å²) in [4.78, 5) is 0. The quantitative estimate of drug-likeness (QED) is 0.403. The lowest BCUT2D eigenvalue weighted by molar-refractivity contribution is 0.884. The van der Waals surface area contributed by atoms with E-state index in [0.717, 1.165) is 6.42 Å². The van der Waals surface area contributed by atoms with Crippen LogP contribution in [-0.4, -0.2) is 0 Å². The molecule has 0 amide bonds. The molecular formula is C22H36. The van der Waals surface area contributed by atoms with Gasteiger partial charge in [0.1, 0.15) is 0 Å². The fourth-order valence-corrected chi connectivity index (χ4v) is 3.04. The van der Waals surface area contributed by atoms with Crippen molar-refractivity contribution in [2.45, 2.75) is 92.4 Å². The highest BCUT2D eigenvalue weighted by molar-refractivity contribution is 5.17. The van der Waals surface area contributed by atoms with Gasteiger partial charge in [-0.1, -0.05) is 46.1 Å². The van der Waals surface area contributed by atoms with Crippen LogP contribution in [0.25, 0.3) is 0 Å². The van der Waals surface area contributed by atoms with Gasteiger partial charge in [0.05, 0.1) is 0 Å². The Morgan fingerprint density at radius 1 is 0.773 bits per heavy atom. The summed E-state index contributed by atoms with van der Waals surface area (Å²) in [5.41, 5.74) is 7.91. The molecule has 0 aromatic heterocycles. The molecule has 1 rings (SSSR count). The molecule has 1 fully saturated rings. The van der Waals surface area contributed by atoms with Gasteiger partial charge in [-0.25, -0.2) is 0 Å². The van der Waals surface area contributed by atoms with Gasteiger partial charge in [0.2, 0.25) is 0 Å². The van der Waals surface area contributed by atoms with E-state index in [9.17, 15) is 0 Å². The first kappa shape index (κ1) is 19.0. The van der Waals surface area contributed by atoms with Crippen LogP contribution in [0.15, 0.2) is 46.1 Å². The van der Waals surface area contributed by atoms with E-state index in [-0.39, 0.29) is 0 Å². The third-order valence-electron chi connectivity index (χ3n) is 4.73. The summed E-state index contributed by atoms with van der Waals surface area (Å²) in [7, 11) is 0. The Bertz CT molecular complexity index is 442. The van der Waals surface area contributed by atoms with E-state index < -0.39 is 0 Å². The normalized spacial score (nSPS) is 16.1. The van der Waals surface area contributed by atoms with Crippen LogP contribution in [0, 0.1) is 0 Å². The van der Waals surface area contributed by atoms with E-state index in [1.54, 1.807) is 16.7 Å². The van der Waals surface area contributed by atoms with Gasteiger partial charge >= 0.3 is 0 Å². The first-order chi connectivity index (χ1) is 10.5. The summed E-state index contributed by atoms with van der Waals surface area (Å²) in [6.45, 7) is 11.2. The van der Waals surface area contributed by atoms with Crippen LogP contribution < -0.4 is 0 Å². The summed E-state index contributed by atoms with van der Waals surface area (Å²) in [6.07, 6.45) is 18.7. The van der Waals surface area contributed by atoms with Gasteiger partial charge in [-0.05, 0) is 92.4 Å². The second kappa shape index (κ2) is 10.6. The second-order valence-corrected chi connectivity index (χ2v) is 7.25. The summed E-state index contributed by atoms with van der Waals surface area (Å²) in [5, 5.41) is 0. The number of rotatable bonds is 8. The van der Waals surface area contributed by atoms with Gasteiger partial charge in [0.15, 0.2) is 0 Å². The Kier molecular flexibility index (Phi) is 9.20. The minimum atomic E-state index is 1.10. The molecule has 0 unspecified atom stereocenters. The highest BCUT2D eigenvalue weighted by atomic mass is 14.1. The molecule has 0 heterocycles. The molecule has 0 aliphatic heterocycles. The minimum Gasteiger partial charge on any atom is -0.0856 e. The lowest BCUT2D eigenvalue weighted by Crippen LogP contribution is -1.86. The molecule has 0 aromatic carbocycles. The van der Waals surface area contributed by atoms with Crippen LogP contribution in [-0.2, 0) is 0 Å². The Balaban J connectivity index is 2.30. The molecule has 124 valence electrons. The Labute approximate surface area is 139 Å². The van der Waals surface area contributed by atoms with Crippen molar-refractivity contribution in [2.75, 3.05) is 0 Å². The number of hydrogen-bond acceptors (Lipinski definition) is 0. The smallest absolute Gasteiger partial charge is 0.0164 e. The van der Waals surface area contributed by atoms with Gasteiger partial charge < -0.3 is 0 Å². The summed E-state index contributed by atoms with van der Waals surface area (Å²) in [6, 6.07) is 0. The van der Waals surface area contributed by atoms with Crippen LogP contribution in [0.2, 0.25) is 0 Å². The maximum absolute atomic E-state index is 2.41. The molecule has 22 heavy (non-hydrogen) atoms. The maximum Gasteiger partial charge on any atom is -0.0164 e. The predicted molar refractivity (Wildman–Crippen MR) is 101 cm³/mol. The van der Waals surface area contributed by atoms with Crippen LogP contribution in [0.3, 0.4) is 0 Å². The first-order valence-corrected chi connectivity index (χ1v) is 9.11. The van der Waals surface area contributed by atoms with Gasteiger partial charge in [0, 0.05) is 0 Å². The average Bonchev–Trinajstić information content (AvgIpc) is 2.98. The van der Waals surface area contributed by atoms with Crippen LogP contribution in [0.1, 0.15) is 92.4 Å². The molecule has 1 aliphatic carbocycles. The molecule has 1 saturated carbocycles. The van der Waals surface area contributed by atoms with E-state index in [1.807, 2.05) is 0 Å². The predicted octanol–water partition coefficient (Wildman–Crippen LogP) is 7.69. The van der Waals surface area contributed by atoms with Crippen molar-refractivity contribution in [1.29, 1.82) is 0 Å². The van der Waals surface area contributed by atoms with E-state index >= 15 is 0 Å². The van der Waals surface area contributed by atoms with Crippen molar-refractivity contribution in [2.24, 2.45) is 0 Å². The zero-order chi connectivity index (χ0) is 16.4. The second-order valence-electron chi connectivity index (χ2n) is 7.25. The number of allylic oxidation sites excluding steroid dienone is 8. The molecule has 0 spiro atoms. The van der Waals surface area contributed by atoms with Crippen LogP contribution in [0.4, 0.5) is 0 Å². The van der Waals surface area contributed by atoms with Crippen LogP contribution in [0.5, 0.6) is 0 Å². The van der Waals surface area contributed by atoms with Crippen molar-refractivity contribution >= 4 is 0 Å². The molecule has 0 heteroatoms. The van der Waals surface area contributed by atoms with E-state index in [2.05, 4.69) is 52.8 Å².